The van der Waals surface area contributed by atoms with Gasteiger partial charge in [-0.2, -0.15) is 0 Å². The molecule has 1 rings (SSSR count). The van der Waals surface area contributed by atoms with Crippen LogP contribution in [-0.2, 0) is 4.74 Å². The largest absolute Gasteiger partial charge is 0.494 e. The Balaban J connectivity index is 2.35. The molecule has 0 spiro atoms. The van der Waals surface area contributed by atoms with E-state index in [4.69, 9.17) is 9.47 Å². The Labute approximate surface area is 115 Å². The van der Waals surface area contributed by atoms with Crippen LogP contribution >= 0.6 is 0 Å². The van der Waals surface area contributed by atoms with Crippen molar-refractivity contribution in [3.63, 3.8) is 0 Å². The molecule has 1 aromatic carbocycles. The molecule has 0 aromatic heterocycles. The lowest BCUT2D eigenvalue weighted by Crippen LogP contribution is -2.06. The van der Waals surface area contributed by atoms with Gasteiger partial charge in [0.25, 0.3) is 0 Å². The predicted octanol–water partition coefficient (Wildman–Crippen LogP) is 4.21. The third-order valence-corrected chi connectivity index (χ3v) is 2.84. The zero-order chi connectivity index (χ0) is 13.9. The Morgan fingerprint density at radius 2 is 1.63 bits per heavy atom. The fraction of sp³-hybridized carbons (Fsp3) is 0.562. The summed E-state index contributed by atoms with van der Waals surface area (Å²) in [6.07, 6.45) is 5.31. The maximum atomic E-state index is 11.7. The number of rotatable bonds is 9. The molecule has 0 N–H and O–H groups in total. The molecule has 0 fully saturated rings. The lowest BCUT2D eigenvalue weighted by atomic mass is 10.2. The second-order valence-electron chi connectivity index (χ2n) is 4.57. The molecular formula is C16H24O3. The molecule has 0 unspecified atom stereocenters. The van der Waals surface area contributed by atoms with E-state index in [-0.39, 0.29) is 5.97 Å². The molecule has 0 atom stereocenters. The fourth-order valence-corrected chi connectivity index (χ4v) is 1.62. The average molecular weight is 264 g/mol. The molecule has 0 aliphatic rings. The summed E-state index contributed by atoms with van der Waals surface area (Å²) in [4.78, 5) is 11.7. The first-order valence-corrected chi connectivity index (χ1v) is 7.18. The van der Waals surface area contributed by atoms with Crippen molar-refractivity contribution < 1.29 is 14.3 Å². The molecule has 0 radical (unpaired) electrons. The Bertz CT molecular complexity index is 357. The molecular weight excluding hydrogens is 240 g/mol. The molecule has 3 heteroatoms. The first-order valence-electron chi connectivity index (χ1n) is 7.18. The van der Waals surface area contributed by atoms with Gasteiger partial charge in [0.05, 0.1) is 18.8 Å². The van der Waals surface area contributed by atoms with E-state index in [1.54, 1.807) is 12.1 Å². The number of esters is 1. The molecule has 0 amide bonds. The molecule has 3 nitrogen and oxygen atoms in total. The minimum atomic E-state index is -0.254. The second kappa shape index (κ2) is 9.42. The molecule has 0 saturated heterocycles. The van der Waals surface area contributed by atoms with Gasteiger partial charge < -0.3 is 9.47 Å². The summed E-state index contributed by atoms with van der Waals surface area (Å²) in [5, 5.41) is 0. The van der Waals surface area contributed by atoms with Crippen LogP contribution in [0.2, 0.25) is 0 Å². The standard InChI is InChI=1S/C16H24O3/c1-3-5-7-13-19-16(17)14-8-10-15(11-9-14)18-12-6-4-2/h8-11H,3-7,12-13H2,1-2H3. The van der Waals surface area contributed by atoms with Crippen LogP contribution in [0.3, 0.4) is 0 Å². The van der Waals surface area contributed by atoms with Crippen molar-refractivity contribution in [2.24, 2.45) is 0 Å². The van der Waals surface area contributed by atoms with Crippen molar-refractivity contribution in [2.75, 3.05) is 13.2 Å². The highest BCUT2D eigenvalue weighted by Gasteiger charge is 2.06. The number of hydrogen-bond donors (Lipinski definition) is 0. The zero-order valence-electron chi connectivity index (χ0n) is 12.0. The Hall–Kier alpha value is -1.51. The molecule has 0 aliphatic heterocycles. The van der Waals surface area contributed by atoms with Crippen LogP contribution in [0.25, 0.3) is 0 Å². The number of carbonyl (C=O) groups excluding carboxylic acids is 1. The van der Waals surface area contributed by atoms with Gasteiger partial charge in [-0.05, 0) is 37.1 Å². The van der Waals surface area contributed by atoms with Crippen LogP contribution in [-0.4, -0.2) is 19.2 Å². The van der Waals surface area contributed by atoms with Crippen LogP contribution < -0.4 is 4.74 Å². The van der Waals surface area contributed by atoms with Gasteiger partial charge in [0.15, 0.2) is 0 Å². The molecule has 1 aromatic rings. The quantitative estimate of drug-likeness (QED) is 0.495. The number of unbranched alkanes of at least 4 members (excludes halogenated alkanes) is 3. The van der Waals surface area contributed by atoms with Gasteiger partial charge in [-0.3, -0.25) is 0 Å². The number of benzene rings is 1. The SMILES string of the molecule is CCCCCOC(=O)c1ccc(OCCCC)cc1. The van der Waals surface area contributed by atoms with E-state index in [1.807, 2.05) is 12.1 Å². The molecule has 19 heavy (non-hydrogen) atoms. The highest BCUT2D eigenvalue weighted by atomic mass is 16.5. The summed E-state index contributed by atoms with van der Waals surface area (Å²) >= 11 is 0. The van der Waals surface area contributed by atoms with Crippen molar-refractivity contribution in [3.8, 4) is 5.75 Å². The van der Waals surface area contributed by atoms with Crippen LogP contribution in [0.5, 0.6) is 5.75 Å². The summed E-state index contributed by atoms with van der Waals surface area (Å²) in [5.74, 6) is 0.548. The first kappa shape index (κ1) is 15.5. The number of carbonyl (C=O) groups is 1. The number of ether oxygens (including phenoxy) is 2. The van der Waals surface area contributed by atoms with E-state index in [0.29, 0.717) is 12.2 Å². The van der Waals surface area contributed by atoms with Gasteiger partial charge in [-0.25, -0.2) is 4.79 Å². The van der Waals surface area contributed by atoms with Crippen LogP contribution in [0.15, 0.2) is 24.3 Å². The Morgan fingerprint density at radius 3 is 2.26 bits per heavy atom. The van der Waals surface area contributed by atoms with E-state index in [0.717, 1.165) is 44.5 Å². The molecule has 0 bridgehead atoms. The normalized spacial score (nSPS) is 10.2. The minimum absolute atomic E-state index is 0.254. The molecule has 0 saturated carbocycles. The van der Waals surface area contributed by atoms with E-state index < -0.39 is 0 Å². The summed E-state index contributed by atoms with van der Waals surface area (Å²) < 4.78 is 10.7. The van der Waals surface area contributed by atoms with Gasteiger partial charge in [0, 0.05) is 0 Å². The van der Waals surface area contributed by atoms with E-state index in [9.17, 15) is 4.79 Å². The van der Waals surface area contributed by atoms with Crippen LogP contribution in [0.1, 0.15) is 56.3 Å². The third kappa shape index (κ3) is 6.27. The van der Waals surface area contributed by atoms with Gasteiger partial charge >= 0.3 is 5.97 Å². The van der Waals surface area contributed by atoms with Crippen LogP contribution in [0, 0.1) is 0 Å². The molecule has 0 heterocycles. The average Bonchev–Trinajstić information content (AvgIpc) is 2.44. The van der Waals surface area contributed by atoms with Gasteiger partial charge in [-0.15, -0.1) is 0 Å². The summed E-state index contributed by atoms with van der Waals surface area (Å²) in [5.41, 5.74) is 0.583. The molecule has 0 aliphatic carbocycles. The highest BCUT2D eigenvalue weighted by molar-refractivity contribution is 5.89. The van der Waals surface area contributed by atoms with E-state index in [1.165, 1.54) is 0 Å². The maximum absolute atomic E-state index is 11.7. The fourth-order valence-electron chi connectivity index (χ4n) is 1.62. The van der Waals surface area contributed by atoms with Crippen molar-refractivity contribution in [2.45, 2.75) is 46.0 Å². The number of hydrogen-bond acceptors (Lipinski definition) is 3. The van der Waals surface area contributed by atoms with Crippen molar-refractivity contribution in [1.82, 2.24) is 0 Å². The Kier molecular flexibility index (Phi) is 7.71. The van der Waals surface area contributed by atoms with Crippen molar-refractivity contribution >= 4 is 5.97 Å². The van der Waals surface area contributed by atoms with Gasteiger partial charge in [-0.1, -0.05) is 33.1 Å². The highest BCUT2D eigenvalue weighted by Crippen LogP contribution is 2.13. The third-order valence-electron chi connectivity index (χ3n) is 2.84. The van der Waals surface area contributed by atoms with E-state index >= 15 is 0 Å². The lowest BCUT2D eigenvalue weighted by Gasteiger charge is -2.07. The Morgan fingerprint density at radius 1 is 0.947 bits per heavy atom. The summed E-state index contributed by atoms with van der Waals surface area (Å²) in [6.45, 7) is 5.47. The summed E-state index contributed by atoms with van der Waals surface area (Å²) in [6, 6.07) is 7.14. The zero-order valence-corrected chi connectivity index (χ0v) is 12.0. The second-order valence-corrected chi connectivity index (χ2v) is 4.57. The van der Waals surface area contributed by atoms with Gasteiger partial charge in [0.1, 0.15) is 5.75 Å². The smallest absolute Gasteiger partial charge is 0.338 e. The van der Waals surface area contributed by atoms with Gasteiger partial charge in [0.2, 0.25) is 0 Å². The predicted molar refractivity (Wildman–Crippen MR) is 76.7 cm³/mol. The minimum Gasteiger partial charge on any atom is -0.494 e. The topological polar surface area (TPSA) is 35.5 Å². The van der Waals surface area contributed by atoms with Crippen molar-refractivity contribution in [3.05, 3.63) is 29.8 Å². The maximum Gasteiger partial charge on any atom is 0.338 e. The van der Waals surface area contributed by atoms with Crippen molar-refractivity contribution in [1.29, 1.82) is 0 Å². The summed E-state index contributed by atoms with van der Waals surface area (Å²) in [7, 11) is 0. The first-order chi connectivity index (χ1) is 9.27. The van der Waals surface area contributed by atoms with Crippen LogP contribution in [0.4, 0.5) is 0 Å². The monoisotopic (exact) mass is 264 g/mol. The van der Waals surface area contributed by atoms with E-state index in [2.05, 4.69) is 13.8 Å². The molecule has 106 valence electrons. The lowest BCUT2D eigenvalue weighted by molar-refractivity contribution is 0.0498.